The van der Waals surface area contributed by atoms with Gasteiger partial charge in [-0.2, -0.15) is 0 Å². The average Bonchev–Trinajstić information content (AvgIpc) is 3.15. The van der Waals surface area contributed by atoms with E-state index in [9.17, 15) is 9.59 Å². The molecule has 0 fully saturated rings. The Balaban J connectivity index is 1.83. The molecule has 0 aliphatic heterocycles. The molecular formula is C19H21N3O3S. The third-order valence-electron chi connectivity index (χ3n) is 4.37. The van der Waals surface area contributed by atoms with Crippen molar-refractivity contribution in [1.82, 2.24) is 14.5 Å². The van der Waals surface area contributed by atoms with Crippen molar-refractivity contribution in [2.75, 3.05) is 12.9 Å². The third-order valence-corrected chi connectivity index (χ3v) is 5.35. The number of rotatable bonds is 6. The van der Waals surface area contributed by atoms with Gasteiger partial charge < -0.3 is 14.3 Å². The summed E-state index contributed by atoms with van der Waals surface area (Å²) in [5, 5.41) is 0.816. The fourth-order valence-electron chi connectivity index (χ4n) is 3.11. The van der Waals surface area contributed by atoms with Crippen molar-refractivity contribution < 1.29 is 14.3 Å². The number of ketones is 1. The number of nitrogens with zero attached hydrogens (tertiary/aromatic N) is 2. The summed E-state index contributed by atoms with van der Waals surface area (Å²) in [6, 6.07) is 7.93. The number of aryl methyl sites for hydroxylation is 2. The highest BCUT2D eigenvalue weighted by molar-refractivity contribution is 7.99. The van der Waals surface area contributed by atoms with Gasteiger partial charge in [0.2, 0.25) is 0 Å². The van der Waals surface area contributed by atoms with Crippen molar-refractivity contribution in [3.8, 4) is 0 Å². The summed E-state index contributed by atoms with van der Waals surface area (Å²) in [6.07, 6.45) is 0. The van der Waals surface area contributed by atoms with Crippen molar-refractivity contribution in [2.24, 2.45) is 0 Å². The van der Waals surface area contributed by atoms with Gasteiger partial charge in [0.25, 0.3) is 0 Å². The number of H-pyrrole nitrogens is 1. The minimum atomic E-state index is -0.435. The number of ether oxygens (including phenoxy) is 1. The van der Waals surface area contributed by atoms with Crippen LogP contribution in [0.1, 0.15) is 39.0 Å². The van der Waals surface area contributed by atoms with Gasteiger partial charge in [0, 0.05) is 12.2 Å². The Morgan fingerprint density at radius 1 is 1.27 bits per heavy atom. The fraction of sp³-hybridized carbons (Fsp3) is 0.316. The van der Waals surface area contributed by atoms with E-state index >= 15 is 0 Å². The van der Waals surface area contributed by atoms with Gasteiger partial charge in [-0.3, -0.25) is 4.79 Å². The topological polar surface area (TPSA) is 77.0 Å². The van der Waals surface area contributed by atoms with Crippen molar-refractivity contribution in [3.63, 3.8) is 0 Å². The number of hydrogen-bond donors (Lipinski definition) is 1. The third kappa shape index (κ3) is 3.14. The monoisotopic (exact) mass is 371 g/mol. The zero-order valence-electron chi connectivity index (χ0n) is 15.3. The first kappa shape index (κ1) is 18.3. The Morgan fingerprint density at radius 3 is 2.69 bits per heavy atom. The van der Waals surface area contributed by atoms with Crippen LogP contribution in [-0.4, -0.2) is 39.2 Å². The van der Waals surface area contributed by atoms with Gasteiger partial charge in [-0.05, 0) is 38.5 Å². The van der Waals surface area contributed by atoms with Crippen LogP contribution in [0.2, 0.25) is 0 Å². The van der Waals surface area contributed by atoms with Crippen LogP contribution >= 0.6 is 11.8 Å². The maximum atomic E-state index is 12.7. The molecule has 0 atom stereocenters. The minimum Gasteiger partial charge on any atom is -0.465 e. The van der Waals surface area contributed by atoms with Gasteiger partial charge in [0.1, 0.15) is 0 Å². The van der Waals surface area contributed by atoms with E-state index < -0.39 is 5.97 Å². The average molecular weight is 371 g/mol. The van der Waals surface area contributed by atoms with Crippen LogP contribution in [-0.2, 0) is 11.3 Å². The van der Waals surface area contributed by atoms with E-state index in [1.54, 1.807) is 13.8 Å². The number of Topliss-reactive ketones (excluding diaryl/α,β-unsaturated/α-hetero) is 1. The number of aromatic amines is 1. The number of para-hydroxylation sites is 2. The van der Waals surface area contributed by atoms with E-state index in [0.29, 0.717) is 22.5 Å². The standard InChI is InChI=1S/C19H21N3O3S/c1-5-22-14-9-7-6-8-13(14)21-19(22)26-10-15(23)17-11(2)16(12(3)20-17)18(24)25-4/h6-9,20H,5,10H2,1-4H3. The summed E-state index contributed by atoms with van der Waals surface area (Å²) in [7, 11) is 1.33. The number of imidazole rings is 1. The number of methoxy groups -OCH3 is 1. The lowest BCUT2D eigenvalue weighted by atomic mass is 10.1. The molecule has 136 valence electrons. The molecule has 0 saturated carbocycles. The van der Waals surface area contributed by atoms with Crippen molar-refractivity contribution in [3.05, 3.63) is 46.8 Å². The lowest BCUT2D eigenvalue weighted by Crippen LogP contribution is -2.08. The van der Waals surface area contributed by atoms with Crippen LogP contribution in [0.4, 0.5) is 0 Å². The normalized spacial score (nSPS) is 11.1. The second kappa shape index (κ2) is 7.37. The maximum Gasteiger partial charge on any atom is 0.339 e. The molecule has 7 heteroatoms. The maximum absolute atomic E-state index is 12.7. The van der Waals surface area contributed by atoms with Crippen LogP contribution in [0.25, 0.3) is 11.0 Å². The molecule has 0 radical (unpaired) electrons. The first-order chi connectivity index (χ1) is 12.5. The molecule has 0 saturated heterocycles. The molecular weight excluding hydrogens is 350 g/mol. The smallest absolute Gasteiger partial charge is 0.339 e. The Bertz CT molecular complexity index is 987. The molecule has 0 aliphatic rings. The second-order valence-electron chi connectivity index (χ2n) is 5.96. The van der Waals surface area contributed by atoms with Crippen LogP contribution in [0.3, 0.4) is 0 Å². The quantitative estimate of drug-likeness (QED) is 0.405. The van der Waals surface area contributed by atoms with Gasteiger partial charge in [-0.25, -0.2) is 9.78 Å². The van der Waals surface area contributed by atoms with Crippen LogP contribution in [0.5, 0.6) is 0 Å². The molecule has 2 aromatic heterocycles. The molecule has 3 rings (SSSR count). The molecule has 0 bridgehead atoms. The molecule has 3 aromatic rings. The molecule has 1 aromatic carbocycles. The number of fused-ring (bicyclic) bond motifs is 1. The highest BCUT2D eigenvalue weighted by Crippen LogP contribution is 2.26. The molecule has 0 unspecified atom stereocenters. The van der Waals surface area contributed by atoms with E-state index in [0.717, 1.165) is 22.7 Å². The molecule has 0 aliphatic carbocycles. The van der Waals surface area contributed by atoms with Gasteiger partial charge in [0.05, 0.1) is 35.2 Å². The Morgan fingerprint density at radius 2 is 2.00 bits per heavy atom. The molecule has 0 amide bonds. The number of thioether (sulfide) groups is 1. The molecule has 6 nitrogen and oxygen atoms in total. The van der Waals surface area contributed by atoms with Gasteiger partial charge in [-0.1, -0.05) is 23.9 Å². The van der Waals surface area contributed by atoms with Crippen LogP contribution < -0.4 is 0 Å². The summed E-state index contributed by atoms with van der Waals surface area (Å²) in [5.41, 5.74) is 4.14. The highest BCUT2D eigenvalue weighted by atomic mass is 32.2. The predicted molar refractivity (Wildman–Crippen MR) is 102 cm³/mol. The second-order valence-corrected chi connectivity index (χ2v) is 6.90. The van der Waals surface area contributed by atoms with Crippen molar-refractivity contribution in [1.29, 1.82) is 0 Å². The number of nitrogens with one attached hydrogen (secondary N) is 1. The van der Waals surface area contributed by atoms with Crippen molar-refractivity contribution >= 4 is 34.5 Å². The van der Waals surface area contributed by atoms with E-state index in [4.69, 9.17) is 4.74 Å². The predicted octanol–water partition coefficient (Wildman–Crippen LogP) is 3.76. The summed E-state index contributed by atoms with van der Waals surface area (Å²) in [6.45, 7) is 6.36. The first-order valence-corrected chi connectivity index (χ1v) is 9.35. The number of esters is 1. The number of aromatic nitrogens is 3. The number of carbonyl (C=O) groups is 2. The Labute approximate surface area is 155 Å². The molecule has 1 N–H and O–H groups in total. The Kier molecular flexibility index (Phi) is 5.18. The van der Waals surface area contributed by atoms with Gasteiger partial charge in [-0.15, -0.1) is 0 Å². The lowest BCUT2D eigenvalue weighted by Gasteiger charge is -2.05. The van der Waals surface area contributed by atoms with Gasteiger partial charge in [0.15, 0.2) is 10.9 Å². The highest BCUT2D eigenvalue weighted by Gasteiger charge is 2.23. The zero-order valence-corrected chi connectivity index (χ0v) is 16.1. The van der Waals surface area contributed by atoms with E-state index in [-0.39, 0.29) is 11.5 Å². The van der Waals surface area contributed by atoms with E-state index in [1.807, 2.05) is 24.3 Å². The fourth-order valence-corrected chi connectivity index (χ4v) is 4.06. The summed E-state index contributed by atoms with van der Waals surface area (Å²) < 4.78 is 6.89. The Hall–Kier alpha value is -2.54. The number of hydrogen-bond acceptors (Lipinski definition) is 5. The van der Waals surface area contributed by atoms with Gasteiger partial charge >= 0.3 is 5.97 Å². The van der Waals surface area contributed by atoms with E-state index in [1.165, 1.54) is 18.9 Å². The lowest BCUT2D eigenvalue weighted by molar-refractivity contribution is 0.0599. The first-order valence-electron chi connectivity index (χ1n) is 8.36. The van der Waals surface area contributed by atoms with Crippen LogP contribution in [0, 0.1) is 13.8 Å². The number of carbonyl (C=O) groups excluding carboxylic acids is 2. The van der Waals surface area contributed by atoms with Crippen LogP contribution in [0.15, 0.2) is 29.4 Å². The summed E-state index contributed by atoms with van der Waals surface area (Å²) in [5.74, 6) is -0.263. The van der Waals surface area contributed by atoms with E-state index in [2.05, 4.69) is 21.5 Å². The largest absolute Gasteiger partial charge is 0.465 e. The van der Waals surface area contributed by atoms with Crippen molar-refractivity contribution in [2.45, 2.75) is 32.5 Å². The summed E-state index contributed by atoms with van der Waals surface area (Å²) >= 11 is 1.40. The summed E-state index contributed by atoms with van der Waals surface area (Å²) in [4.78, 5) is 32.2. The molecule has 0 spiro atoms. The SMILES string of the molecule is CCn1c(SCC(=O)c2[nH]c(C)c(C(=O)OC)c2C)nc2ccccc21. The molecule has 26 heavy (non-hydrogen) atoms. The zero-order chi connectivity index (χ0) is 18.8. The minimum absolute atomic E-state index is 0.0690. The molecule has 2 heterocycles. The number of benzene rings is 1.